The number of benzene rings is 2. The number of carboxylic acid groups (broad SMARTS) is 1. The smallest absolute Gasteiger partial charge is 0.322 e. The van der Waals surface area contributed by atoms with E-state index < -0.39 is 5.97 Å². The van der Waals surface area contributed by atoms with Crippen molar-refractivity contribution in [1.82, 2.24) is 0 Å². The Labute approximate surface area is 139 Å². The number of anilines is 1. The topological polar surface area (TPSA) is 101 Å². The van der Waals surface area contributed by atoms with E-state index in [0.29, 0.717) is 23.6 Å². The molecule has 0 heterocycles. The van der Waals surface area contributed by atoms with Crippen molar-refractivity contribution in [2.75, 3.05) is 11.9 Å². The summed E-state index contributed by atoms with van der Waals surface area (Å²) >= 11 is 0. The number of hydrogen-bond acceptors (Lipinski definition) is 4. The van der Waals surface area contributed by atoms with E-state index >= 15 is 0 Å². The predicted octanol–water partition coefficient (Wildman–Crippen LogP) is 0.899. The second-order valence-electron chi connectivity index (χ2n) is 5.20. The molecule has 0 amide bonds. The molecule has 124 valence electrons. The lowest BCUT2D eigenvalue weighted by Crippen LogP contribution is -2.45. The van der Waals surface area contributed by atoms with Crippen molar-refractivity contribution < 1.29 is 24.8 Å². The van der Waals surface area contributed by atoms with Gasteiger partial charge < -0.3 is 15.2 Å². The van der Waals surface area contributed by atoms with Crippen LogP contribution < -0.4 is 15.5 Å². The Morgan fingerprint density at radius 2 is 1.88 bits per heavy atom. The lowest BCUT2D eigenvalue weighted by Gasteiger charge is -2.12. The highest BCUT2D eigenvalue weighted by atomic mass is 16.5. The second kappa shape index (κ2) is 7.92. The zero-order valence-corrected chi connectivity index (χ0v) is 13.3. The maximum Gasteiger partial charge on any atom is 0.322 e. The van der Waals surface area contributed by atoms with E-state index in [4.69, 9.17) is 15.3 Å². The molecule has 0 aliphatic rings. The Morgan fingerprint density at radius 1 is 1.17 bits per heavy atom. The van der Waals surface area contributed by atoms with Crippen LogP contribution in [0.15, 0.2) is 48.5 Å². The van der Waals surface area contributed by atoms with Crippen molar-refractivity contribution in [2.45, 2.75) is 13.5 Å². The number of ketones is 1. The molecule has 0 unspecified atom stereocenters. The molecule has 0 fully saturated rings. The standard InChI is InChI=1S/C18H18N2O4/c1-12(21)18(19)15-9-14(7-8-16(15)20-10-17(22)23)24-11-13-5-3-2-4-6-13/h2-9,19-20H,10-11H2,1H3,(H,22,23)/p+1. The van der Waals surface area contributed by atoms with Gasteiger partial charge in [0.1, 0.15) is 18.9 Å². The Hall–Kier alpha value is -3.15. The zero-order valence-electron chi connectivity index (χ0n) is 13.3. The summed E-state index contributed by atoms with van der Waals surface area (Å²) in [6.07, 6.45) is 0. The fourth-order valence-corrected chi connectivity index (χ4v) is 2.09. The number of carbonyl (C=O) groups is 2. The first-order valence-corrected chi connectivity index (χ1v) is 7.37. The molecule has 0 atom stereocenters. The van der Waals surface area contributed by atoms with Crippen LogP contribution in [0, 0.1) is 0 Å². The van der Waals surface area contributed by atoms with Crippen molar-refractivity contribution in [3.05, 3.63) is 59.7 Å². The minimum absolute atomic E-state index is 0.0491. The largest absolute Gasteiger partial charge is 0.489 e. The third-order valence-electron chi connectivity index (χ3n) is 3.34. The molecule has 4 N–H and O–H groups in total. The molecule has 0 saturated heterocycles. The Morgan fingerprint density at radius 3 is 2.50 bits per heavy atom. The molecule has 0 aliphatic heterocycles. The van der Waals surface area contributed by atoms with E-state index in [1.54, 1.807) is 18.2 Å². The van der Waals surface area contributed by atoms with Gasteiger partial charge in [0.05, 0.1) is 5.56 Å². The summed E-state index contributed by atoms with van der Waals surface area (Å²) in [7, 11) is 0. The van der Waals surface area contributed by atoms with E-state index in [-0.39, 0.29) is 18.0 Å². The average Bonchev–Trinajstić information content (AvgIpc) is 2.58. The van der Waals surface area contributed by atoms with E-state index in [2.05, 4.69) is 5.32 Å². The third kappa shape index (κ3) is 4.67. The molecule has 0 spiro atoms. The summed E-state index contributed by atoms with van der Waals surface area (Å²) in [4.78, 5) is 22.3. The number of carbonyl (C=O) groups excluding carboxylic acids is 1. The molecule has 2 rings (SSSR count). The van der Waals surface area contributed by atoms with Gasteiger partial charge in [0, 0.05) is 12.6 Å². The summed E-state index contributed by atoms with van der Waals surface area (Å²) in [5, 5.41) is 17.4. The minimum Gasteiger partial charge on any atom is -0.489 e. The number of Topliss-reactive ketones (excluding diaryl/α,β-unsaturated/α-hetero) is 1. The summed E-state index contributed by atoms with van der Waals surface area (Å²) < 4.78 is 5.72. The Kier molecular flexibility index (Phi) is 5.68. The summed E-state index contributed by atoms with van der Waals surface area (Å²) in [6.45, 7) is 1.46. The molecular weight excluding hydrogens is 308 g/mol. The first-order chi connectivity index (χ1) is 11.5. The molecule has 0 aliphatic carbocycles. The van der Waals surface area contributed by atoms with Gasteiger partial charge in [-0.3, -0.25) is 15.0 Å². The second-order valence-corrected chi connectivity index (χ2v) is 5.20. The molecule has 0 aromatic heterocycles. The molecular formula is C18H19N2O4+. The highest BCUT2D eigenvalue weighted by molar-refractivity contribution is 6.44. The number of nitrogens with two attached hydrogens (primary N) is 1. The van der Waals surface area contributed by atoms with E-state index in [1.807, 2.05) is 30.3 Å². The molecule has 0 saturated carbocycles. The average molecular weight is 327 g/mol. The zero-order chi connectivity index (χ0) is 17.5. The van der Waals surface area contributed by atoms with Gasteiger partial charge in [-0.05, 0) is 23.8 Å². The maximum atomic E-state index is 11.6. The molecule has 6 nitrogen and oxygen atoms in total. The third-order valence-corrected chi connectivity index (χ3v) is 3.34. The minimum atomic E-state index is -1.01. The lowest BCUT2D eigenvalue weighted by atomic mass is 10.0. The van der Waals surface area contributed by atoms with Crippen LogP contribution in [-0.2, 0) is 16.2 Å². The van der Waals surface area contributed by atoms with Crippen LogP contribution in [0.1, 0.15) is 18.1 Å². The Bertz CT molecular complexity index is 757. The van der Waals surface area contributed by atoms with Crippen LogP contribution in [0.4, 0.5) is 5.69 Å². The molecule has 6 heteroatoms. The molecule has 2 aromatic carbocycles. The number of aliphatic carboxylic acids is 1. The van der Waals surface area contributed by atoms with Crippen LogP contribution >= 0.6 is 0 Å². The van der Waals surface area contributed by atoms with Crippen molar-refractivity contribution in [3.63, 3.8) is 0 Å². The maximum absolute atomic E-state index is 11.6. The van der Waals surface area contributed by atoms with Crippen LogP contribution in [0.3, 0.4) is 0 Å². The van der Waals surface area contributed by atoms with Crippen LogP contribution in [-0.4, -0.2) is 29.1 Å². The summed E-state index contributed by atoms with van der Waals surface area (Å²) in [6, 6.07) is 14.6. The van der Waals surface area contributed by atoms with Gasteiger partial charge in [-0.1, -0.05) is 30.3 Å². The Balaban J connectivity index is 2.21. The van der Waals surface area contributed by atoms with E-state index in [0.717, 1.165) is 5.56 Å². The van der Waals surface area contributed by atoms with E-state index in [9.17, 15) is 9.59 Å². The van der Waals surface area contributed by atoms with Crippen molar-refractivity contribution in [3.8, 4) is 5.75 Å². The molecule has 0 radical (unpaired) electrons. The van der Waals surface area contributed by atoms with Crippen molar-refractivity contribution in [2.24, 2.45) is 0 Å². The number of carboxylic acids is 1. The van der Waals surface area contributed by atoms with Crippen LogP contribution in [0.2, 0.25) is 0 Å². The highest BCUT2D eigenvalue weighted by Gasteiger charge is 2.19. The van der Waals surface area contributed by atoms with Gasteiger partial charge in [0.2, 0.25) is 11.5 Å². The van der Waals surface area contributed by atoms with Gasteiger partial charge in [0.25, 0.3) is 0 Å². The quantitative estimate of drug-likeness (QED) is 0.625. The van der Waals surface area contributed by atoms with Crippen molar-refractivity contribution >= 4 is 23.2 Å². The van der Waals surface area contributed by atoms with Crippen LogP contribution in [0.5, 0.6) is 5.75 Å². The molecule has 2 aromatic rings. The normalized spacial score (nSPS) is 10.0. The summed E-state index contributed by atoms with van der Waals surface area (Å²) in [5.41, 5.74) is 1.95. The molecule has 0 bridgehead atoms. The number of rotatable bonds is 8. The van der Waals surface area contributed by atoms with Gasteiger partial charge in [-0.15, -0.1) is 0 Å². The highest BCUT2D eigenvalue weighted by Crippen LogP contribution is 2.23. The monoisotopic (exact) mass is 327 g/mol. The SMILES string of the molecule is CC(=O)C(=[NH2+])c1cc(OCc2ccccc2)ccc1NCC(=O)O. The van der Waals surface area contributed by atoms with Gasteiger partial charge in [0.15, 0.2) is 0 Å². The summed E-state index contributed by atoms with van der Waals surface area (Å²) in [5.74, 6) is -0.765. The fourth-order valence-electron chi connectivity index (χ4n) is 2.09. The molecule has 24 heavy (non-hydrogen) atoms. The van der Waals surface area contributed by atoms with Crippen LogP contribution in [0.25, 0.3) is 0 Å². The first-order valence-electron chi connectivity index (χ1n) is 7.37. The van der Waals surface area contributed by atoms with Gasteiger partial charge in [-0.2, -0.15) is 0 Å². The first kappa shape index (κ1) is 17.2. The fraction of sp³-hybridized carbons (Fsp3) is 0.167. The van der Waals surface area contributed by atoms with Crippen molar-refractivity contribution in [1.29, 1.82) is 0 Å². The number of ether oxygens (including phenoxy) is 1. The lowest BCUT2D eigenvalue weighted by molar-refractivity contribution is -0.135. The number of hydrogen-bond donors (Lipinski definition) is 3. The predicted molar refractivity (Wildman–Crippen MR) is 90.1 cm³/mol. The van der Waals surface area contributed by atoms with E-state index in [1.165, 1.54) is 6.92 Å². The number of nitrogens with one attached hydrogen (secondary N) is 1. The van der Waals surface area contributed by atoms with Gasteiger partial charge >= 0.3 is 5.97 Å². The van der Waals surface area contributed by atoms with Gasteiger partial charge in [-0.25, -0.2) is 0 Å².